The molecule has 0 spiro atoms. The van der Waals surface area contributed by atoms with Crippen molar-refractivity contribution in [3.63, 3.8) is 0 Å². The fourth-order valence-corrected chi connectivity index (χ4v) is 2.24. The molecule has 2 rings (SSSR count). The number of aliphatic hydroxyl groups excluding tert-OH is 2. The van der Waals surface area contributed by atoms with Gasteiger partial charge in [-0.05, 0) is 24.3 Å². The number of anilines is 2. The molecule has 1 atom stereocenters. The summed E-state index contributed by atoms with van der Waals surface area (Å²) >= 11 is 0. The molecular weight excluding hydrogens is 324 g/mol. The highest BCUT2D eigenvalue weighted by Crippen LogP contribution is 2.30. The van der Waals surface area contributed by atoms with Gasteiger partial charge in [-0.25, -0.2) is 0 Å². The van der Waals surface area contributed by atoms with Gasteiger partial charge in [0.25, 0.3) is 5.91 Å². The molecule has 7 heteroatoms. The van der Waals surface area contributed by atoms with Crippen LogP contribution in [0, 0.1) is 0 Å². The van der Waals surface area contributed by atoms with Gasteiger partial charge in [-0.2, -0.15) is 0 Å². The zero-order valence-electron chi connectivity index (χ0n) is 14.2. The quantitative estimate of drug-likeness (QED) is 0.581. The van der Waals surface area contributed by atoms with E-state index >= 15 is 0 Å². The Morgan fingerprint density at radius 1 is 1.12 bits per heavy atom. The lowest BCUT2D eigenvalue weighted by molar-refractivity contribution is 0.102. The zero-order valence-corrected chi connectivity index (χ0v) is 14.2. The Hall–Kier alpha value is -2.77. The van der Waals surface area contributed by atoms with E-state index in [1.165, 1.54) is 7.11 Å². The van der Waals surface area contributed by atoms with Crippen molar-refractivity contribution in [1.29, 1.82) is 0 Å². The molecular formula is C18H22N2O5. The average Bonchev–Trinajstić information content (AvgIpc) is 2.66. The highest BCUT2D eigenvalue weighted by molar-refractivity contribution is 6.08. The van der Waals surface area contributed by atoms with Gasteiger partial charge in [0.05, 0.1) is 32.5 Å². The van der Waals surface area contributed by atoms with Crippen LogP contribution in [-0.4, -0.2) is 49.6 Å². The van der Waals surface area contributed by atoms with Crippen molar-refractivity contribution >= 4 is 17.3 Å². The predicted molar refractivity (Wildman–Crippen MR) is 95.5 cm³/mol. The van der Waals surface area contributed by atoms with E-state index in [1.807, 2.05) is 0 Å². The molecule has 0 aliphatic rings. The fraction of sp³-hybridized carbons (Fsp3) is 0.278. The third-order valence-corrected chi connectivity index (χ3v) is 3.55. The second-order valence-corrected chi connectivity index (χ2v) is 5.29. The van der Waals surface area contributed by atoms with Gasteiger partial charge in [-0.15, -0.1) is 0 Å². The first-order valence-corrected chi connectivity index (χ1v) is 7.74. The smallest absolute Gasteiger partial charge is 0.257 e. The van der Waals surface area contributed by atoms with Gasteiger partial charge >= 0.3 is 0 Å². The van der Waals surface area contributed by atoms with Crippen LogP contribution in [0.25, 0.3) is 0 Å². The van der Waals surface area contributed by atoms with Gasteiger partial charge in [-0.3, -0.25) is 4.79 Å². The van der Waals surface area contributed by atoms with Crippen LogP contribution in [0.5, 0.6) is 11.5 Å². The minimum absolute atomic E-state index is 0.136. The van der Waals surface area contributed by atoms with Gasteiger partial charge in [0.1, 0.15) is 0 Å². The number of rotatable bonds is 8. The van der Waals surface area contributed by atoms with E-state index in [1.54, 1.807) is 49.6 Å². The molecule has 0 bridgehead atoms. The summed E-state index contributed by atoms with van der Waals surface area (Å²) in [5.74, 6) is 0.771. The highest BCUT2D eigenvalue weighted by Gasteiger charge is 2.13. The van der Waals surface area contributed by atoms with E-state index in [2.05, 4.69) is 10.6 Å². The van der Waals surface area contributed by atoms with Crippen molar-refractivity contribution in [1.82, 2.24) is 0 Å². The maximum absolute atomic E-state index is 12.6. The second kappa shape index (κ2) is 8.91. The Kier molecular flexibility index (Phi) is 6.62. The molecule has 25 heavy (non-hydrogen) atoms. The molecule has 0 saturated carbocycles. The zero-order chi connectivity index (χ0) is 18.2. The van der Waals surface area contributed by atoms with Crippen molar-refractivity contribution in [3.05, 3.63) is 48.0 Å². The average molecular weight is 346 g/mol. The molecule has 0 aliphatic heterocycles. The van der Waals surface area contributed by atoms with E-state index in [-0.39, 0.29) is 19.1 Å². The van der Waals surface area contributed by atoms with E-state index in [9.17, 15) is 9.90 Å². The summed E-state index contributed by atoms with van der Waals surface area (Å²) in [6, 6.07) is 12.0. The Balaban J connectivity index is 2.16. The number of methoxy groups -OCH3 is 2. The molecule has 134 valence electrons. The molecule has 0 saturated heterocycles. The van der Waals surface area contributed by atoms with Gasteiger partial charge in [0.15, 0.2) is 11.5 Å². The summed E-state index contributed by atoms with van der Waals surface area (Å²) in [6.45, 7) is -0.218. The molecule has 4 N–H and O–H groups in total. The molecule has 0 aromatic heterocycles. The van der Waals surface area contributed by atoms with Crippen LogP contribution in [0.3, 0.4) is 0 Å². The van der Waals surface area contributed by atoms with Gasteiger partial charge in [0.2, 0.25) is 0 Å². The Labute approximate surface area is 146 Å². The highest BCUT2D eigenvalue weighted by atomic mass is 16.5. The van der Waals surface area contributed by atoms with Crippen molar-refractivity contribution in [2.45, 2.75) is 6.10 Å². The van der Waals surface area contributed by atoms with E-state index in [0.717, 1.165) is 0 Å². The number of para-hydroxylation sites is 1. The summed E-state index contributed by atoms with van der Waals surface area (Å²) in [7, 11) is 3.06. The van der Waals surface area contributed by atoms with Crippen molar-refractivity contribution in [2.75, 3.05) is 38.0 Å². The number of ether oxygens (including phenoxy) is 2. The largest absolute Gasteiger partial charge is 0.493 e. The Morgan fingerprint density at radius 3 is 2.52 bits per heavy atom. The lowest BCUT2D eigenvalue weighted by atomic mass is 10.1. The molecule has 0 heterocycles. The van der Waals surface area contributed by atoms with Gasteiger partial charge < -0.3 is 30.3 Å². The minimum Gasteiger partial charge on any atom is -0.493 e. The number of benzene rings is 2. The number of carbonyl (C=O) groups is 1. The molecule has 0 fully saturated rings. The van der Waals surface area contributed by atoms with Crippen molar-refractivity contribution in [2.24, 2.45) is 0 Å². The molecule has 0 radical (unpaired) electrons. The number of hydrogen-bond acceptors (Lipinski definition) is 6. The molecule has 1 amide bonds. The van der Waals surface area contributed by atoms with E-state index < -0.39 is 6.10 Å². The first kappa shape index (κ1) is 18.6. The van der Waals surface area contributed by atoms with Crippen LogP contribution < -0.4 is 20.1 Å². The van der Waals surface area contributed by atoms with Crippen LogP contribution in [0.15, 0.2) is 42.5 Å². The second-order valence-electron chi connectivity index (χ2n) is 5.29. The SMILES string of the molecule is COc1ccc(NC(=O)c2ccccc2NCC(O)CO)cc1OC. The molecule has 1 unspecified atom stereocenters. The molecule has 7 nitrogen and oxygen atoms in total. The summed E-state index contributed by atoms with van der Waals surface area (Å²) < 4.78 is 10.4. The first-order valence-electron chi connectivity index (χ1n) is 7.74. The number of aliphatic hydroxyl groups is 2. The van der Waals surface area contributed by atoms with Gasteiger partial charge in [-0.1, -0.05) is 12.1 Å². The minimum atomic E-state index is -0.901. The first-order chi connectivity index (χ1) is 12.1. The molecule has 2 aromatic rings. The number of amides is 1. The maximum Gasteiger partial charge on any atom is 0.257 e. The van der Waals surface area contributed by atoms with Crippen molar-refractivity contribution in [3.8, 4) is 11.5 Å². The maximum atomic E-state index is 12.6. The summed E-state index contributed by atoms with van der Waals surface area (Å²) in [5, 5.41) is 24.1. The summed E-state index contributed by atoms with van der Waals surface area (Å²) in [5.41, 5.74) is 1.54. The van der Waals surface area contributed by atoms with Crippen LogP contribution in [0.2, 0.25) is 0 Å². The Bertz CT molecular complexity index is 720. The predicted octanol–water partition coefficient (Wildman–Crippen LogP) is 1.72. The van der Waals surface area contributed by atoms with Crippen LogP contribution >= 0.6 is 0 Å². The van der Waals surface area contributed by atoms with E-state index in [0.29, 0.717) is 28.4 Å². The Morgan fingerprint density at radius 2 is 1.84 bits per heavy atom. The van der Waals surface area contributed by atoms with Crippen LogP contribution in [0.1, 0.15) is 10.4 Å². The number of carbonyl (C=O) groups excluding carboxylic acids is 1. The third-order valence-electron chi connectivity index (χ3n) is 3.55. The normalized spacial score (nSPS) is 11.5. The monoisotopic (exact) mass is 346 g/mol. The standard InChI is InChI=1S/C18H22N2O5/c1-24-16-8-7-12(9-17(16)25-2)20-18(23)14-5-3-4-6-15(14)19-10-13(22)11-21/h3-9,13,19,21-22H,10-11H2,1-2H3,(H,20,23). The fourth-order valence-electron chi connectivity index (χ4n) is 2.24. The topological polar surface area (TPSA) is 100 Å². The molecule has 0 aliphatic carbocycles. The van der Waals surface area contributed by atoms with E-state index in [4.69, 9.17) is 14.6 Å². The third kappa shape index (κ3) is 4.85. The van der Waals surface area contributed by atoms with Crippen LogP contribution in [0.4, 0.5) is 11.4 Å². The van der Waals surface area contributed by atoms with Crippen molar-refractivity contribution < 1.29 is 24.5 Å². The van der Waals surface area contributed by atoms with Gasteiger partial charge in [0, 0.05) is 24.0 Å². The number of nitrogens with one attached hydrogen (secondary N) is 2. The summed E-state index contributed by atoms with van der Waals surface area (Å²) in [4.78, 5) is 12.6. The number of hydrogen-bond donors (Lipinski definition) is 4. The molecule has 2 aromatic carbocycles. The lowest BCUT2D eigenvalue weighted by Gasteiger charge is -2.15. The van der Waals surface area contributed by atoms with Crippen LogP contribution in [-0.2, 0) is 0 Å². The summed E-state index contributed by atoms with van der Waals surface area (Å²) in [6.07, 6.45) is -0.901. The lowest BCUT2D eigenvalue weighted by Crippen LogP contribution is -2.24.